The molecule has 21 heavy (non-hydrogen) atoms. The third kappa shape index (κ3) is 3.90. The summed E-state index contributed by atoms with van der Waals surface area (Å²) in [5.41, 5.74) is -0.0977. The van der Waals surface area contributed by atoms with Crippen LogP contribution in [0.4, 0.5) is 19.3 Å². The van der Waals surface area contributed by atoms with Crippen LogP contribution in [0.5, 0.6) is 0 Å². The molecule has 0 unspecified atom stereocenters. The summed E-state index contributed by atoms with van der Waals surface area (Å²) in [5.74, 6) is -2.35. The summed E-state index contributed by atoms with van der Waals surface area (Å²) in [6.45, 7) is 1.47. The van der Waals surface area contributed by atoms with E-state index in [0.29, 0.717) is 0 Å². The van der Waals surface area contributed by atoms with E-state index in [4.69, 9.17) is 5.11 Å². The van der Waals surface area contributed by atoms with Gasteiger partial charge in [-0.3, -0.25) is 4.79 Å². The molecule has 5 nitrogen and oxygen atoms in total. The number of aryl methyl sites for hydroxylation is 1. The molecule has 0 aromatic heterocycles. The fourth-order valence-electron chi connectivity index (χ4n) is 1.98. The smallest absolute Gasteiger partial charge is 0.322 e. The predicted molar refractivity (Wildman–Crippen MR) is 72.1 cm³/mol. The zero-order valence-corrected chi connectivity index (χ0v) is 11.5. The molecule has 0 spiro atoms. The summed E-state index contributed by atoms with van der Waals surface area (Å²) in [6.07, 6.45) is 1.39. The van der Waals surface area contributed by atoms with Crippen LogP contribution in [0.25, 0.3) is 0 Å². The molecule has 1 aliphatic rings. The molecule has 1 aromatic carbocycles. The molecule has 2 rings (SSSR count). The van der Waals surface area contributed by atoms with Crippen LogP contribution in [0.15, 0.2) is 12.1 Å². The lowest BCUT2D eigenvalue weighted by Gasteiger charge is -2.22. The lowest BCUT2D eigenvalue weighted by Crippen LogP contribution is -2.38. The van der Waals surface area contributed by atoms with Crippen molar-refractivity contribution < 1.29 is 23.5 Å². The maximum absolute atomic E-state index is 13.7. The van der Waals surface area contributed by atoms with E-state index in [-0.39, 0.29) is 30.3 Å². The Morgan fingerprint density at radius 3 is 2.57 bits per heavy atom. The Balaban J connectivity index is 2.08. The van der Waals surface area contributed by atoms with Gasteiger partial charge in [-0.2, -0.15) is 0 Å². The van der Waals surface area contributed by atoms with Gasteiger partial charge >= 0.3 is 12.0 Å². The van der Waals surface area contributed by atoms with Crippen molar-refractivity contribution in [3.8, 4) is 0 Å². The summed E-state index contributed by atoms with van der Waals surface area (Å²) < 4.78 is 27.1. The van der Waals surface area contributed by atoms with Crippen molar-refractivity contribution >= 4 is 17.7 Å². The highest BCUT2D eigenvalue weighted by atomic mass is 19.1. The Hall–Kier alpha value is -2.18. The number of hydrogen-bond acceptors (Lipinski definition) is 2. The Morgan fingerprint density at radius 1 is 1.33 bits per heavy atom. The zero-order valence-electron chi connectivity index (χ0n) is 11.5. The number of carbonyl (C=O) groups excluding carboxylic acids is 1. The standard InChI is InChI=1S/C14H16F2N2O3/c1-8-6-11(16)12(7-10(8)15)17-14(21)18(9-2-3-9)5-4-13(19)20/h6-7,9H,2-5H2,1H3,(H,17,21)(H,19,20). The Morgan fingerprint density at radius 2 is 2.00 bits per heavy atom. The van der Waals surface area contributed by atoms with E-state index in [1.807, 2.05) is 0 Å². The van der Waals surface area contributed by atoms with Crippen molar-refractivity contribution in [1.82, 2.24) is 4.90 Å². The van der Waals surface area contributed by atoms with Gasteiger partial charge in [0.15, 0.2) is 0 Å². The van der Waals surface area contributed by atoms with Crippen molar-refractivity contribution in [2.24, 2.45) is 0 Å². The molecule has 1 saturated carbocycles. The number of rotatable bonds is 5. The molecular weight excluding hydrogens is 282 g/mol. The maximum Gasteiger partial charge on any atom is 0.322 e. The van der Waals surface area contributed by atoms with Crippen LogP contribution in [-0.4, -0.2) is 34.6 Å². The number of carboxylic acids is 1. The van der Waals surface area contributed by atoms with Gasteiger partial charge in [0.05, 0.1) is 12.1 Å². The number of anilines is 1. The average Bonchev–Trinajstić information content (AvgIpc) is 3.20. The molecule has 2 N–H and O–H groups in total. The summed E-state index contributed by atoms with van der Waals surface area (Å²) in [7, 11) is 0. The first-order chi connectivity index (χ1) is 9.88. The predicted octanol–water partition coefficient (Wildman–Crippen LogP) is 2.74. The van der Waals surface area contributed by atoms with E-state index < -0.39 is 23.6 Å². The third-order valence-corrected chi connectivity index (χ3v) is 3.30. The molecular formula is C14H16F2N2O3. The van der Waals surface area contributed by atoms with E-state index in [1.165, 1.54) is 11.8 Å². The summed E-state index contributed by atoms with van der Waals surface area (Å²) in [6, 6.07) is 1.29. The quantitative estimate of drug-likeness (QED) is 0.878. The number of aliphatic carboxylic acids is 1. The number of carbonyl (C=O) groups is 2. The van der Waals surface area contributed by atoms with Crippen molar-refractivity contribution in [3.05, 3.63) is 29.3 Å². The number of hydrogen-bond donors (Lipinski definition) is 2. The van der Waals surface area contributed by atoms with Gasteiger partial charge in [0.25, 0.3) is 0 Å². The van der Waals surface area contributed by atoms with Gasteiger partial charge in [0, 0.05) is 18.7 Å². The fraction of sp³-hybridized carbons (Fsp3) is 0.429. The fourth-order valence-corrected chi connectivity index (χ4v) is 1.98. The van der Waals surface area contributed by atoms with E-state index in [9.17, 15) is 18.4 Å². The van der Waals surface area contributed by atoms with Crippen LogP contribution in [0.1, 0.15) is 24.8 Å². The van der Waals surface area contributed by atoms with Gasteiger partial charge in [-0.25, -0.2) is 13.6 Å². The van der Waals surface area contributed by atoms with Gasteiger partial charge in [-0.05, 0) is 31.4 Å². The molecule has 0 heterocycles. The Bertz CT molecular complexity index is 574. The average molecular weight is 298 g/mol. The topological polar surface area (TPSA) is 69.6 Å². The van der Waals surface area contributed by atoms with E-state index in [2.05, 4.69) is 5.32 Å². The van der Waals surface area contributed by atoms with Crippen LogP contribution in [0.2, 0.25) is 0 Å². The van der Waals surface area contributed by atoms with E-state index in [0.717, 1.165) is 25.0 Å². The molecule has 0 saturated heterocycles. The normalized spacial score (nSPS) is 13.9. The number of carboxylic acid groups (broad SMARTS) is 1. The van der Waals surface area contributed by atoms with E-state index >= 15 is 0 Å². The maximum atomic E-state index is 13.7. The molecule has 0 bridgehead atoms. The van der Waals surface area contributed by atoms with Crippen LogP contribution in [0, 0.1) is 18.6 Å². The lowest BCUT2D eigenvalue weighted by molar-refractivity contribution is -0.137. The minimum atomic E-state index is -1.01. The second-order valence-corrected chi connectivity index (χ2v) is 5.08. The summed E-state index contributed by atoms with van der Waals surface area (Å²) in [4.78, 5) is 24.0. The molecule has 1 fully saturated rings. The summed E-state index contributed by atoms with van der Waals surface area (Å²) in [5, 5.41) is 11.0. The number of amides is 2. The Labute approximate surface area is 120 Å². The van der Waals surface area contributed by atoms with Gasteiger partial charge < -0.3 is 15.3 Å². The number of nitrogens with zero attached hydrogens (tertiary/aromatic N) is 1. The second kappa shape index (κ2) is 6.07. The van der Waals surface area contributed by atoms with Crippen LogP contribution in [0.3, 0.4) is 0 Å². The molecule has 1 aliphatic carbocycles. The molecule has 0 aliphatic heterocycles. The molecule has 0 atom stereocenters. The molecule has 7 heteroatoms. The van der Waals surface area contributed by atoms with Crippen LogP contribution < -0.4 is 5.32 Å². The first-order valence-electron chi connectivity index (χ1n) is 6.63. The third-order valence-electron chi connectivity index (χ3n) is 3.30. The van der Waals surface area contributed by atoms with Gasteiger partial charge in [-0.1, -0.05) is 0 Å². The number of halogens is 2. The summed E-state index contributed by atoms with van der Waals surface area (Å²) >= 11 is 0. The second-order valence-electron chi connectivity index (χ2n) is 5.08. The minimum Gasteiger partial charge on any atom is -0.481 e. The van der Waals surface area contributed by atoms with E-state index in [1.54, 1.807) is 0 Å². The lowest BCUT2D eigenvalue weighted by atomic mass is 10.2. The highest BCUT2D eigenvalue weighted by molar-refractivity contribution is 5.90. The van der Waals surface area contributed by atoms with Gasteiger partial charge in [-0.15, -0.1) is 0 Å². The van der Waals surface area contributed by atoms with Gasteiger partial charge in [0.1, 0.15) is 11.6 Å². The SMILES string of the molecule is Cc1cc(F)c(NC(=O)N(CCC(=O)O)C2CC2)cc1F. The molecule has 114 valence electrons. The first-order valence-corrected chi connectivity index (χ1v) is 6.63. The number of benzene rings is 1. The Kier molecular flexibility index (Phi) is 4.40. The monoisotopic (exact) mass is 298 g/mol. The van der Waals surface area contributed by atoms with Gasteiger partial charge in [0.2, 0.25) is 0 Å². The number of nitrogens with one attached hydrogen (secondary N) is 1. The van der Waals surface area contributed by atoms with Crippen LogP contribution >= 0.6 is 0 Å². The zero-order chi connectivity index (χ0) is 15.6. The molecule has 2 amide bonds. The first kappa shape index (κ1) is 15.2. The number of urea groups is 1. The van der Waals surface area contributed by atoms with Crippen molar-refractivity contribution in [2.75, 3.05) is 11.9 Å². The molecule has 1 aromatic rings. The largest absolute Gasteiger partial charge is 0.481 e. The van der Waals surface area contributed by atoms with Crippen LogP contribution in [-0.2, 0) is 4.79 Å². The van der Waals surface area contributed by atoms with Crippen molar-refractivity contribution in [1.29, 1.82) is 0 Å². The van der Waals surface area contributed by atoms with Crippen molar-refractivity contribution in [3.63, 3.8) is 0 Å². The highest BCUT2D eigenvalue weighted by Gasteiger charge is 2.33. The van der Waals surface area contributed by atoms with Crippen molar-refractivity contribution in [2.45, 2.75) is 32.2 Å². The molecule has 0 radical (unpaired) electrons. The highest BCUT2D eigenvalue weighted by Crippen LogP contribution is 2.28. The minimum absolute atomic E-state index is 0.0253.